The first-order chi connectivity index (χ1) is 9.91. The lowest BCUT2D eigenvalue weighted by atomic mass is 9.73. The van der Waals surface area contributed by atoms with E-state index >= 15 is 0 Å². The molecule has 5 heteroatoms. The fourth-order valence-corrected chi connectivity index (χ4v) is 3.62. The minimum Gasteiger partial charge on any atom is -0.352 e. The van der Waals surface area contributed by atoms with E-state index in [-0.39, 0.29) is 23.3 Å². The second-order valence-corrected chi connectivity index (χ2v) is 7.06. The van der Waals surface area contributed by atoms with Gasteiger partial charge in [-0.3, -0.25) is 9.59 Å². The molecule has 0 aromatic carbocycles. The normalized spacial score (nSPS) is 27.3. The third kappa shape index (κ3) is 3.96. The summed E-state index contributed by atoms with van der Waals surface area (Å²) in [4.78, 5) is 26.1. The highest BCUT2D eigenvalue weighted by atomic mass is 16.2. The highest BCUT2D eigenvalue weighted by Gasteiger charge is 2.40. The first-order valence-electron chi connectivity index (χ1n) is 8.18. The maximum absolute atomic E-state index is 12.9. The van der Waals surface area contributed by atoms with Gasteiger partial charge in [0.25, 0.3) is 0 Å². The number of amides is 2. The van der Waals surface area contributed by atoms with E-state index in [2.05, 4.69) is 24.5 Å². The zero-order valence-electron chi connectivity index (χ0n) is 13.6. The van der Waals surface area contributed by atoms with E-state index in [4.69, 9.17) is 0 Å². The van der Waals surface area contributed by atoms with Crippen molar-refractivity contribution < 1.29 is 9.59 Å². The summed E-state index contributed by atoms with van der Waals surface area (Å²) in [5.74, 6) is 0.635. The molecule has 0 bridgehead atoms. The fraction of sp³-hybridized carbons (Fsp3) is 0.875. The Hall–Kier alpha value is -1.10. The Kier molecular flexibility index (Phi) is 5.25. The molecular weight excluding hydrogens is 266 g/mol. The van der Waals surface area contributed by atoms with Crippen molar-refractivity contribution in [3.8, 4) is 0 Å². The minimum atomic E-state index is -0.328. The Balaban J connectivity index is 1.98. The van der Waals surface area contributed by atoms with Crippen LogP contribution in [0.15, 0.2) is 0 Å². The van der Waals surface area contributed by atoms with Crippen LogP contribution in [0.4, 0.5) is 0 Å². The van der Waals surface area contributed by atoms with Crippen molar-refractivity contribution in [2.45, 2.75) is 52.5 Å². The summed E-state index contributed by atoms with van der Waals surface area (Å²) < 4.78 is 0. The van der Waals surface area contributed by atoms with Crippen LogP contribution in [-0.4, -0.2) is 48.9 Å². The van der Waals surface area contributed by atoms with Gasteiger partial charge in [-0.15, -0.1) is 0 Å². The Morgan fingerprint density at radius 3 is 2.62 bits per heavy atom. The molecule has 2 heterocycles. The second kappa shape index (κ2) is 6.77. The van der Waals surface area contributed by atoms with E-state index in [0.29, 0.717) is 12.5 Å². The quantitative estimate of drug-likeness (QED) is 0.821. The number of carbonyl (C=O) groups excluding carboxylic acids is 2. The lowest BCUT2D eigenvalue weighted by molar-refractivity contribution is -0.145. The fourth-order valence-electron chi connectivity index (χ4n) is 3.62. The lowest BCUT2D eigenvalue weighted by Gasteiger charge is -2.42. The van der Waals surface area contributed by atoms with Crippen molar-refractivity contribution in [2.75, 3.05) is 26.2 Å². The average molecular weight is 295 g/mol. The molecule has 120 valence electrons. The van der Waals surface area contributed by atoms with E-state index < -0.39 is 0 Å². The van der Waals surface area contributed by atoms with Gasteiger partial charge in [0.1, 0.15) is 0 Å². The van der Waals surface area contributed by atoms with E-state index in [0.717, 1.165) is 45.3 Å². The number of piperidine rings is 2. The third-order valence-electron chi connectivity index (χ3n) is 4.98. The van der Waals surface area contributed by atoms with Gasteiger partial charge < -0.3 is 15.5 Å². The number of nitrogens with one attached hydrogen (secondary N) is 2. The standard InChI is InChI=1S/C16H29N3O2/c1-12(20)18-14-7-5-9-19(11-14)15(21)16(2,3)13-6-4-8-17-10-13/h13-14,17H,4-11H2,1-3H3,(H,18,20). The summed E-state index contributed by atoms with van der Waals surface area (Å²) >= 11 is 0. The maximum atomic E-state index is 12.9. The van der Waals surface area contributed by atoms with Crippen molar-refractivity contribution in [2.24, 2.45) is 11.3 Å². The van der Waals surface area contributed by atoms with Gasteiger partial charge in [0.05, 0.1) is 0 Å². The number of likely N-dealkylation sites (tertiary alicyclic amines) is 1. The van der Waals surface area contributed by atoms with Gasteiger partial charge in [0, 0.05) is 31.5 Å². The minimum absolute atomic E-state index is 0.00922. The van der Waals surface area contributed by atoms with Crippen LogP contribution in [0.2, 0.25) is 0 Å². The molecular formula is C16H29N3O2. The number of hydrogen-bond donors (Lipinski definition) is 2. The molecule has 2 fully saturated rings. The molecule has 21 heavy (non-hydrogen) atoms. The number of rotatable bonds is 3. The molecule has 0 saturated carbocycles. The van der Waals surface area contributed by atoms with Crippen LogP contribution in [0, 0.1) is 11.3 Å². The predicted molar refractivity (Wildman–Crippen MR) is 82.8 cm³/mol. The van der Waals surface area contributed by atoms with Crippen molar-refractivity contribution >= 4 is 11.8 Å². The highest BCUT2D eigenvalue weighted by Crippen LogP contribution is 2.34. The average Bonchev–Trinajstić information content (AvgIpc) is 2.47. The highest BCUT2D eigenvalue weighted by molar-refractivity contribution is 5.82. The molecule has 0 spiro atoms. The molecule has 0 aliphatic carbocycles. The van der Waals surface area contributed by atoms with Crippen LogP contribution < -0.4 is 10.6 Å². The van der Waals surface area contributed by atoms with Crippen LogP contribution in [0.3, 0.4) is 0 Å². The molecule has 2 saturated heterocycles. The van der Waals surface area contributed by atoms with E-state index in [1.807, 2.05) is 4.90 Å². The zero-order valence-corrected chi connectivity index (χ0v) is 13.6. The molecule has 2 unspecified atom stereocenters. The van der Waals surface area contributed by atoms with Gasteiger partial charge in [0.2, 0.25) is 11.8 Å². The Morgan fingerprint density at radius 1 is 1.24 bits per heavy atom. The van der Waals surface area contributed by atoms with E-state index in [1.54, 1.807) is 6.92 Å². The predicted octanol–water partition coefficient (Wildman–Crippen LogP) is 1.14. The molecule has 0 radical (unpaired) electrons. The zero-order chi connectivity index (χ0) is 15.5. The molecule has 2 aliphatic rings. The van der Waals surface area contributed by atoms with Crippen molar-refractivity contribution in [3.05, 3.63) is 0 Å². The monoisotopic (exact) mass is 295 g/mol. The maximum Gasteiger partial charge on any atom is 0.228 e. The molecule has 0 aromatic rings. The smallest absolute Gasteiger partial charge is 0.228 e. The molecule has 2 rings (SSSR count). The largest absolute Gasteiger partial charge is 0.352 e. The summed E-state index contributed by atoms with van der Waals surface area (Å²) in [5.41, 5.74) is -0.328. The molecule has 2 N–H and O–H groups in total. The van der Waals surface area contributed by atoms with Crippen molar-refractivity contribution in [1.29, 1.82) is 0 Å². The van der Waals surface area contributed by atoms with Crippen molar-refractivity contribution in [1.82, 2.24) is 15.5 Å². The Labute approximate surface area is 127 Å². The summed E-state index contributed by atoms with van der Waals surface area (Å²) in [7, 11) is 0. The molecule has 2 atom stereocenters. The summed E-state index contributed by atoms with van der Waals surface area (Å²) in [6, 6.07) is 0.112. The topological polar surface area (TPSA) is 61.4 Å². The summed E-state index contributed by atoms with van der Waals surface area (Å²) in [6.07, 6.45) is 4.20. The van der Waals surface area contributed by atoms with Crippen LogP contribution in [0.5, 0.6) is 0 Å². The number of hydrogen-bond acceptors (Lipinski definition) is 3. The van der Waals surface area contributed by atoms with Crippen molar-refractivity contribution in [3.63, 3.8) is 0 Å². The van der Waals surface area contributed by atoms with E-state index in [9.17, 15) is 9.59 Å². The second-order valence-electron chi connectivity index (χ2n) is 7.06. The number of carbonyl (C=O) groups is 2. The lowest BCUT2D eigenvalue weighted by Crippen LogP contribution is -2.54. The Bertz CT molecular complexity index is 389. The van der Waals surface area contributed by atoms with Crippen LogP contribution in [0.1, 0.15) is 46.5 Å². The Morgan fingerprint density at radius 2 is 2.00 bits per heavy atom. The van der Waals surface area contributed by atoms with Gasteiger partial charge in [-0.05, 0) is 44.7 Å². The molecule has 0 aromatic heterocycles. The first kappa shape index (κ1) is 16.3. The molecule has 2 amide bonds. The van der Waals surface area contributed by atoms with Gasteiger partial charge in [-0.2, -0.15) is 0 Å². The van der Waals surface area contributed by atoms with Gasteiger partial charge >= 0.3 is 0 Å². The van der Waals surface area contributed by atoms with Gasteiger partial charge in [-0.1, -0.05) is 13.8 Å². The van der Waals surface area contributed by atoms with E-state index in [1.165, 1.54) is 0 Å². The summed E-state index contributed by atoms with van der Waals surface area (Å²) in [5, 5.41) is 6.36. The van der Waals surface area contributed by atoms with Gasteiger partial charge in [-0.25, -0.2) is 0 Å². The van der Waals surface area contributed by atoms with Gasteiger partial charge in [0.15, 0.2) is 0 Å². The van der Waals surface area contributed by atoms with Crippen LogP contribution in [-0.2, 0) is 9.59 Å². The number of nitrogens with zero attached hydrogens (tertiary/aromatic N) is 1. The molecule has 2 aliphatic heterocycles. The first-order valence-corrected chi connectivity index (χ1v) is 8.18. The van der Waals surface area contributed by atoms with Crippen LogP contribution in [0.25, 0.3) is 0 Å². The summed E-state index contributed by atoms with van der Waals surface area (Å²) in [6.45, 7) is 9.17. The SMILES string of the molecule is CC(=O)NC1CCCN(C(=O)C(C)(C)C2CCCNC2)C1. The molecule has 5 nitrogen and oxygen atoms in total. The van der Waals surface area contributed by atoms with Crippen LogP contribution >= 0.6 is 0 Å². The third-order valence-corrected chi connectivity index (χ3v) is 4.98.